The maximum atomic E-state index is 6.00. The summed E-state index contributed by atoms with van der Waals surface area (Å²) >= 11 is 0. The smallest absolute Gasteiger partial charge is 0.203 e. The van der Waals surface area contributed by atoms with Gasteiger partial charge in [-0.05, 0) is 25.1 Å². The first kappa shape index (κ1) is 14.6. The minimum absolute atomic E-state index is 0.107. The van der Waals surface area contributed by atoms with Crippen molar-refractivity contribution in [3.05, 3.63) is 18.2 Å². The first-order valence-corrected chi connectivity index (χ1v) is 6.35. The van der Waals surface area contributed by atoms with Crippen molar-refractivity contribution in [2.75, 3.05) is 27.3 Å². The van der Waals surface area contributed by atoms with E-state index in [1.807, 2.05) is 18.2 Å². The molecule has 0 fully saturated rings. The zero-order valence-corrected chi connectivity index (χ0v) is 11.7. The molecule has 4 nitrogen and oxygen atoms in total. The number of para-hydroxylation sites is 1. The molecule has 18 heavy (non-hydrogen) atoms. The molecule has 0 aliphatic rings. The zero-order chi connectivity index (χ0) is 13.4. The molecule has 1 aromatic rings. The molecule has 0 saturated carbocycles. The van der Waals surface area contributed by atoms with Crippen LogP contribution in [0.5, 0.6) is 17.2 Å². The van der Waals surface area contributed by atoms with E-state index in [4.69, 9.17) is 14.2 Å². The number of methoxy groups -OCH3 is 2. The Labute approximate surface area is 109 Å². The predicted octanol–water partition coefficient (Wildman–Crippen LogP) is 2.47. The molecule has 1 rings (SSSR count). The Hall–Kier alpha value is -1.42. The fraction of sp³-hybridized carbons (Fsp3) is 0.571. The van der Waals surface area contributed by atoms with Crippen LogP contribution in [0, 0.1) is 0 Å². The monoisotopic (exact) mass is 253 g/mol. The summed E-state index contributed by atoms with van der Waals surface area (Å²) in [5, 5.41) is 3.29. The summed E-state index contributed by atoms with van der Waals surface area (Å²) in [6.07, 6.45) is 1.03. The Bertz CT molecular complexity index is 333. The summed E-state index contributed by atoms with van der Waals surface area (Å²) in [5.74, 6) is 2.07. The number of hydrogen-bond donors (Lipinski definition) is 1. The van der Waals surface area contributed by atoms with E-state index in [1.54, 1.807) is 14.2 Å². The standard InChI is InChI=1S/C14H23NO3/c1-5-11(10-15-6-2)18-14-12(16-3)8-7-9-13(14)17-4/h7-9,11,15H,5-6,10H2,1-4H3. The van der Waals surface area contributed by atoms with Crippen molar-refractivity contribution < 1.29 is 14.2 Å². The van der Waals surface area contributed by atoms with Gasteiger partial charge in [0.2, 0.25) is 5.75 Å². The van der Waals surface area contributed by atoms with Crippen LogP contribution in [-0.2, 0) is 0 Å². The largest absolute Gasteiger partial charge is 0.493 e. The van der Waals surface area contributed by atoms with Gasteiger partial charge in [0.05, 0.1) is 14.2 Å². The Balaban J connectivity index is 2.85. The number of nitrogens with one attached hydrogen (secondary N) is 1. The zero-order valence-electron chi connectivity index (χ0n) is 11.7. The van der Waals surface area contributed by atoms with E-state index >= 15 is 0 Å². The fourth-order valence-electron chi connectivity index (χ4n) is 1.67. The van der Waals surface area contributed by atoms with Gasteiger partial charge in [0.25, 0.3) is 0 Å². The van der Waals surface area contributed by atoms with Gasteiger partial charge in [-0.25, -0.2) is 0 Å². The van der Waals surface area contributed by atoms with Crippen LogP contribution in [-0.4, -0.2) is 33.4 Å². The highest BCUT2D eigenvalue weighted by Gasteiger charge is 2.15. The molecule has 4 heteroatoms. The molecule has 0 aliphatic carbocycles. The van der Waals surface area contributed by atoms with Crippen LogP contribution in [0.3, 0.4) is 0 Å². The van der Waals surface area contributed by atoms with Gasteiger partial charge in [0, 0.05) is 6.54 Å². The van der Waals surface area contributed by atoms with E-state index in [0.29, 0.717) is 17.2 Å². The van der Waals surface area contributed by atoms with Crippen molar-refractivity contribution in [2.45, 2.75) is 26.4 Å². The molecular formula is C14H23NO3. The fourth-order valence-corrected chi connectivity index (χ4v) is 1.67. The summed E-state index contributed by atoms with van der Waals surface area (Å²) in [4.78, 5) is 0. The Morgan fingerprint density at radius 2 is 1.72 bits per heavy atom. The lowest BCUT2D eigenvalue weighted by Crippen LogP contribution is -2.30. The average molecular weight is 253 g/mol. The molecule has 1 aromatic carbocycles. The van der Waals surface area contributed by atoms with Crippen molar-refractivity contribution in [1.29, 1.82) is 0 Å². The summed E-state index contributed by atoms with van der Waals surface area (Å²) in [6, 6.07) is 5.63. The van der Waals surface area contributed by atoms with Crippen molar-refractivity contribution in [1.82, 2.24) is 5.32 Å². The summed E-state index contributed by atoms with van der Waals surface area (Å²) in [6.45, 7) is 5.93. The lowest BCUT2D eigenvalue weighted by Gasteiger charge is -2.21. The Morgan fingerprint density at radius 1 is 1.11 bits per heavy atom. The highest BCUT2D eigenvalue weighted by atomic mass is 16.5. The molecule has 0 spiro atoms. The second-order valence-corrected chi connectivity index (χ2v) is 3.95. The molecule has 0 radical (unpaired) electrons. The van der Waals surface area contributed by atoms with Crippen LogP contribution in [0.1, 0.15) is 20.3 Å². The molecule has 1 unspecified atom stereocenters. The normalized spacial score (nSPS) is 12.0. The lowest BCUT2D eigenvalue weighted by molar-refractivity contribution is 0.178. The van der Waals surface area contributed by atoms with Crippen LogP contribution in [0.2, 0.25) is 0 Å². The molecule has 0 amide bonds. The minimum Gasteiger partial charge on any atom is -0.493 e. The first-order chi connectivity index (χ1) is 8.76. The van der Waals surface area contributed by atoms with Crippen molar-refractivity contribution in [2.24, 2.45) is 0 Å². The number of rotatable bonds is 8. The van der Waals surface area contributed by atoms with Gasteiger partial charge in [0.1, 0.15) is 6.10 Å². The number of benzene rings is 1. The van der Waals surface area contributed by atoms with Crippen LogP contribution >= 0.6 is 0 Å². The van der Waals surface area contributed by atoms with Gasteiger partial charge in [-0.2, -0.15) is 0 Å². The quantitative estimate of drug-likeness (QED) is 0.772. The number of hydrogen-bond acceptors (Lipinski definition) is 4. The second kappa shape index (κ2) is 7.82. The third kappa shape index (κ3) is 3.81. The van der Waals surface area contributed by atoms with Gasteiger partial charge >= 0.3 is 0 Å². The van der Waals surface area contributed by atoms with Crippen molar-refractivity contribution >= 4 is 0 Å². The maximum absolute atomic E-state index is 6.00. The van der Waals surface area contributed by atoms with E-state index in [9.17, 15) is 0 Å². The molecule has 0 heterocycles. The van der Waals surface area contributed by atoms with Crippen LogP contribution < -0.4 is 19.5 Å². The second-order valence-electron chi connectivity index (χ2n) is 3.95. The first-order valence-electron chi connectivity index (χ1n) is 6.35. The molecular weight excluding hydrogens is 230 g/mol. The van der Waals surface area contributed by atoms with Crippen molar-refractivity contribution in [3.8, 4) is 17.2 Å². The lowest BCUT2D eigenvalue weighted by atomic mass is 10.2. The van der Waals surface area contributed by atoms with Gasteiger partial charge in [-0.3, -0.25) is 0 Å². The Morgan fingerprint density at radius 3 is 2.17 bits per heavy atom. The van der Waals surface area contributed by atoms with Crippen molar-refractivity contribution in [3.63, 3.8) is 0 Å². The van der Waals surface area contributed by atoms with Crippen LogP contribution in [0.15, 0.2) is 18.2 Å². The van der Waals surface area contributed by atoms with E-state index in [-0.39, 0.29) is 6.10 Å². The molecule has 0 saturated heterocycles. The summed E-state index contributed by atoms with van der Waals surface area (Å²) in [5.41, 5.74) is 0. The van der Waals surface area contributed by atoms with Gasteiger partial charge in [0.15, 0.2) is 11.5 Å². The third-order valence-corrected chi connectivity index (χ3v) is 2.74. The van der Waals surface area contributed by atoms with Gasteiger partial charge in [-0.15, -0.1) is 0 Å². The topological polar surface area (TPSA) is 39.7 Å². The van der Waals surface area contributed by atoms with Gasteiger partial charge in [-0.1, -0.05) is 19.9 Å². The molecule has 1 N–H and O–H groups in total. The molecule has 0 bridgehead atoms. The van der Waals surface area contributed by atoms with Crippen LogP contribution in [0.25, 0.3) is 0 Å². The Kier molecular flexibility index (Phi) is 6.36. The van der Waals surface area contributed by atoms with E-state index in [2.05, 4.69) is 19.2 Å². The van der Waals surface area contributed by atoms with Crippen LogP contribution in [0.4, 0.5) is 0 Å². The molecule has 0 aromatic heterocycles. The highest BCUT2D eigenvalue weighted by Crippen LogP contribution is 2.37. The molecule has 102 valence electrons. The SMILES string of the molecule is CCNCC(CC)Oc1c(OC)cccc1OC. The minimum atomic E-state index is 0.107. The third-order valence-electron chi connectivity index (χ3n) is 2.74. The maximum Gasteiger partial charge on any atom is 0.203 e. The summed E-state index contributed by atoms with van der Waals surface area (Å²) in [7, 11) is 3.26. The summed E-state index contributed by atoms with van der Waals surface area (Å²) < 4.78 is 16.6. The van der Waals surface area contributed by atoms with Gasteiger partial charge < -0.3 is 19.5 Å². The number of likely N-dealkylation sites (N-methyl/N-ethyl adjacent to an activating group) is 1. The molecule has 1 atom stereocenters. The molecule has 0 aliphatic heterocycles. The van der Waals surface area contributed by atoms with E-state index < -0.39 is 0 Å². The average Bonchev–Trinajstić information content (AvgIpc) is 2.43. The highest BCUT2D eigenvalue weighted by molar-refractivity contribution is 5.51. The van der Waals surface area contributed by atoms with E-state index in [1.165, 1.54) is 0 Å². The predicted molar refractivity (Wildman–Crippen MR) is 72.8 cm³/mol. The van der Waals surface area contributed by atoms with E-state index in [0.717, 1.165) is 19.5 Å². The number of ether oxygens (including phenoxy) is 3.